The number of nitrogens with zero attached hydrogens (tertiary/aromatic N) is 1. The Morgan fingerprint density at radius 3 is 2.69 bits per heavy atom. The van der Waals surface area contributed by atoms with E-state index in [4.69, 9.17) is 9.47 Å². The van der Waals surface area contributed by atoms with Crippen LogP contribution >= 0.6 is 0 Å². The average molecular weight is 230 g/mol. The van der Waals surface area contributed by atoms with E-state index in [2.05, 4.69) is 5.32 Å². The Morgan fingerprint density at radius 1 is 1.62 bits per heavy atom. The zero-order valence-corrected chi connectivity index (χ0v) is 10.1. The lowest BCUT2D eigenvalue weighted by Gasteiger charge is -2.29. The predicted octanol–water partition coefficient (Wildman–Crippen LogP) is -0.0218. The van der Waals surface area contributed by atoms with E-state index in [9.17, 15) is 9.59 Å². The second kappa shape index (κ2) is 4.69. The minimum Gasteiger partial charge on any atom is -0.455 e. The molecule has 1 saturated heterocycles. The molecule has 1 atom stereocenters. The number of hydrogen-bond donors (Lipinski definition) is 1. The summed E-state index contributed by atoms with van der Waals surface area (Å²) in [5, 5.41) is 2.53. The summed E-state index contributed by atoms with van der Waals surface area (Å²) in [5.41, 5.74) is -0.813. The molecule has 0 aliphatic carbocycles. The van der Waals surface area contributed by atoms with Gasteiger partial charge < -0.3 is 14.8 Å². The number of cyclic esters (lactones) is 1. The van der Waals surface area contributed by atoms with Crippen LogP contribution in [-0.4, -0.2) is 55.9 Å². The van der Waals surface area contributed by atoms with E-state index in [0.29, 0.717) is 6.54 Å². The van der Waals surface area contributed by atoms with Gasteiger partial charge in [-0.25, -0.2) is 4.79 Å². The topological polar surface area (TPSA) is 67.9 Å². The molecule has 0 unspecified atom stereocenters. The fourth-order valence-corrected chi connectivity index (χ4v) is 1.43. The standard InChI is InChI=1S/C10H18N2O4/c1-10(2,7-5-11-9(14)15-7)16-8(13)6-12(3)4/h7H,5-6H2,1-4H3,(H,11,14)/t7-/m0/s1. The van der Waals surface area contributed by atoms with E-state index in [1.165, 1.54) is 0 Å². The molecule has 1 heterocycles. The molecule has 0 bridgehead atoms. The Bertz CT molecular complexity index is 289. The number of rotatable bonds is 4. The lowest BCUT2D eigenvalue weighted by molar-refractivity contribution is -0.165. The second-order valence-electron chi connectivity index (χ2n) is 4.59. The highest BCUT2D eigenvalue weighted by atomic mass is 16.6. The van der Waals surface area contributed by atoms with Crippen LogP contribution in [0.2, 0.25) is 0 Å². The summed E-state index contributed by atoms with van der Waals surface area (Å²) in [6, 6.07) is 0. The Hall–Kier alpha value is -1.30. The van der Waals surface area contributed by atoms with Gasteiger partial charge in [-0.3, -0.25) is 9.69 Å². The summed E-state index contributed by atoms with van der Waals surface area (Å²) in [6.45, 7) is 4.02. The highest BCUT2D eigenvalue weighted by molar-refractivity contribution is 5.72. The molecule has 16 heavy (non-hydrogen) atoms. The number of likely N-dealkylation sites (N-methyl/N-ethyl adjacent to an activating group) is 1. The molecule has 1 amide bonds. The Labute approximate surface area is 94.9 Å². The molecular formula is C10H18N2O4. The first-order valence-electron chi connectivity index (χ1n) is 5.12. The molecular weight excluding hydrogens is 212 g/mol. The lowest BCUT2D eigenvalue weighted by atomic mass is 10.0. The number of alkyl carbamates (subject to hydrolysis) is 1. The molecule has 0 aromatic carbocycles. The van der Waals surface area contributed by atoms with Crippen LogP contribution in [-0.2, 0) is 14.3 Å². The van der Waals surface area contributed by atoms with Gasteiger partial charge in [-0.05, 0) is 27.9 Å². The largest absolute Gasteiger partial charge is 0.455 e. The first-order chi connectivity index (χ1) is 7.31. The number of esters is 1. The minimum atomic E-state index is -0.813. The van der Waals surface area contributed by atoms with E-state index in [0.717, 1.165) is 0 Å². The molecule has 6 nitrogen and oxygen atoms in total. The molecule has 0 radical (unpaired) electrons. The molecule has 0 spiro atoms. The Kier molecular flexibility index (Phi) is 3.74. The second-order valence-corrected chi connectivity index (χ2v) is 4.59. The SMILES string of the molecule is CN(C)CC(=O)OC(C)(C)[C@@H]1CNC(=O)O1. The van der Waals surface area contributed by atoms with Gasteiger partial charge in [0.15, 0.2) is 6.10 Å². The minimum absolute atomic E-state index is 0.206. The van der Waals surface area contributed by atoms with E-state index in [1.807, 2.05) is 0 Å². The van der Waals surface area contributed by atoms with Gasteiger partial charge in [-0.15, -0.1) is 0 Å². The zero-order valence-electron chi connectivity index (χ0n) is 10.1. The number of carbonyl (C=O) groups excluding carboxylic acids is 2. The number of hydrogen-bond acceptors (Lipinski definition) is 5. The first-order valence-corrected chi connectivity index (χ1v) is 5.12. The highest BCUT2D eigenvalue weighted by Crippen LogP contribution is 2.20. The van der Waals surface area contributed by atoms with Crippen molar-refractivity contribution in [1.82, 2.24) is 10.2 Å². The fraction of sp³-hybridized carbons (Fsp3) is 0.800. The number of ether oxygens (including phenoxy) is 2. The molecule has 0 aromatic heterocycles. The van der Waals surface area contributed by atoms with Gasteiger partial charge in [-0.1, -0.05) is 0 Å². The van der Waals surface area contributed by atoms with Crippen molar-refractivity contribution in [2.24, 2.45) is 0 Å². The van der Waals surface area contributed by atoms with Crippen LogP contribution in [0.25, 0.3) is 0 Å². The van der Waals surface area contributed by atoms with Crippen molar-refractivity contribution >= 4 is 12.1 Å². The monoisotopic (exact) mass is 230 g/mol. The van der Waals surface area contributed by atoms with Gasteiger partial charge in [0.1, 0.15) is 5.60 Å². The van der Waals surface area contributed by atoms with Crippen LogP contribution in [0.1, 0.15) is 13.8 Å². The summed E-state index contributed by atoms with van der Waals surface area (Å²) >= 11 is 0. The third-order valence-electron chi connectivity index (χ3n) is 2.28. The Morgan fingerprint density at radius 2 is 2.25 bits per heavy atom. The lowest BCUT2D eigenvalue weighted by Crippen LogP contribution is -2.44. The van der Waals surface area contributed by atoms with E-state index < -0.39 is 17.8 Å². The van der Waals surface area contributed by atoms with Crippen molar-refractivity contribution in [3.63, 3.8) is 0 Å². The van der Waals surface area contributed by atoms with Gasteiger partial charge in [0.25, 0.3) is 0 Å². The van der Waals surface area contributed by atoms with Crippen molar-refractivity contribution in [2.45, 2.75) is 25.6 Å². The van der Waals surface area contributed by atoms with Crippen LogP contribution < -0.4 is 5.32 Å². The van der Waals surface area contributed by atoms with Crippen LogP contribution in [0.4, 0.5) is 4.79 Å². The third kappa shape index (κ3) is 3.37. The Balaban J connectivity index is 2.50. The molecule has 0 saturated carbocycles. The van der Waals surface area contributed by atoms with Gasteiger partial charge >= 0.3 is 12.1 Å². The van der Waals surface area contributed by atoms with E-state index >= 15 is 0 Å². The normalized spacial score (nSPS) is 20.6. The smallest absolute Gasteiger partial charge is 0.407 e. The maximum Gasteiger partial charge on any atom is 0.407 e. The zero-order chi connectivity index (χ0) is 12.3. The maximum absolute atomic E-state index is 11.5. The van der Waals surface area contributed by atoms with Crippen molar-refractivity contribution in [3.05, 3.63) is 0 Å². The summed E-state index contributed by atoms with van der Waals surface area (Å²) in [6.07, 6.45) is -0.909. The van der Waals surface area contributed by atoms with Crippen molar-refractivity contribution < 1.29 is 19.1 Å². The fourth-order valence-electron chi connectivity index (χ4n) is 1.43. The number of carbonyl (C=O) groups is 2. The van der Waals surface area contributed by atoms with E-state index in [-0.39, 0.29) is 12.5 Å². The quantitative estimate of drug-likeness (QED) is 0.687. The summed E-state index contributed by atoms with van der Waals surface area (Å²) < 4.78 is 10.3. The number of amides is 1. The van der Waals surface area contributed by atoms with Gasteiger partial charge in [0.2, 0.25) is 0 Å². The molecule has 1 fully saturated rings. The molecule has 92 valence electrons. The molecule has 1 aliphatic rings. The van der Waals surface area contributed by atoms with Crippen LogP contribution in [0.5, 0.6) is 0 Å². The molecule has 1 rings (SSSR count). The first kappa shape index (κ1) is 12.8. The highest BCUT2D eigenvalue weighted by Gasteiger charge is 2.40. The van der Waals surface area contributed by atoms with Crippen LogP contribution in [0.15, 0.2) is 0 Å². The number of nitrogens with one attached hydrogen (secondary N) is 1. The van der Waals surface area contributed by atoms with E-state index in [1.54, 1.807) is 32.8 Å². The molecule has 6 heteroatoms. The third-order valence-corrected chi connectivity index (χ3v) is 2.28. The van der Waals surface area contributed by atoms with Crippen molar-refractivity contribution in [1.29, 1.82) is 0 Å². The van der Waals surface area contributed by atoms with Crippen LogP contribution in [0.3, 0.4) is 0 Å². The average Bonchev–Trinajstić information content (AvgIpc) is 2.49. The predicted molar refractivity (Wildman–Crippen MR) is 57.0 cm³/mol. The molecule has 1 N–H and O–H groups in total. The summed E-state index contributed by atoms with van der Waals surface area (Å²) in [5.74, 6) is -0.335. The maximum atomic E-state index is 11.5. The van der Waals surface area contributed by atoms with Crippen molar-refractivity contribution in [3.8, 4) is 0 Å². The molecule has 0 aromatic rings. The van der Waals surface area contributed by atoms with Gasteiger partial charge in [-0.2, -0.15) is 0 Å². The van der Waals surface area contributed by atoms with Gasteiger partial charge in [0, 0.05) is 0 Å². The van der Waals surface area contributed by atoms with Crippen LogP contribution in [0, 0.1) is 0 Å². The molecule has 1 aliphatic heterocycles. The van der Waals surface area contributed by atoms with Crippen molar-refractivity contribution in [2.75, 3.05) is 27.2 Å². The summed E-state index contributed by atoms with van der Waals surface area (Å²) in [4.78, 5) is 24.1. The summed E-state index contributed by atoms with van der Waals surface area (Å²) in [7, 11) is 3.57. The van der Waals surface area contributed by atoms with Gasteiger partial charge in [0.05, 0.1) is 13.1 Å².